The van der Waals surface area contributed by atoms with Crippen LogP contribution in [0.25, 0.3) is 0 Å². The first-order chi connectivity index (χ1) is 12.3. The van der Waals surface area contributed by atoms with Crippen LogP contribution in [-0.4, -0.2) is 41.1 Å². The van der Waals surface area contributed by atoms with Crippen LogP contribution in [-0.2, 0) is 6.18 Å². The Kier molecular flexibility index (Phi) is 5.36. The highest BCUT2D eigenvalue weighted by Gasteiger charge is 2.37. The fourth-order valence-corrected chi connectivity index (χ4v) is 3.51. The van der Waals surface area contributed by atoms with Crippen LogP contribution >= 0.6 is 15.9 Å². The summed E-state index contributed by atoms with van der Waals surface area (Å²) in [5, 5.41) is 0. The van der Waals surface area contributed by atoms with Crippen molar-refractivity contribution in [3.8, 4) is 0 Å². The van der Waals surface area contributed by atoms with Crippen molar-refractivity contribution in [2.24, 2.45) is 0 Å². The zero-order valence-corrected chi connectivity index (χ0v) is 16.0. The third-order valence-corrected chi connectivity index (χ3v) is 5.03. The molecule has 0 bridgehead atoms. The second kappa shape index (κ2) is 7.38. The van der Waals surface area contributed by atoms with Gasteiger partial charge in [0.25, 0.3) is 0 Å². The maximum absolute atomic E-state index is 13.3. The number of hydrogen-bond acceptors (Lipinski definition) is 5. The first-order valence-electron chi connectivity index (χ1n) is 8.25. The predicted octanol–water partition coefficient (Wildman–Crippen LogP) is 4.07. The molecule has 0 N–H and O–H groups in total. The summed E-state index contributed by atoms with van der Waals surface area (Å²) in [4.78, 5) is 16.2. The summed E-state index contributed by atoms with van der Waals surface area (Å²) < 4.78 is 40.3. The van der Waals surface area contributed by atoms with Crippen molar-refractivity contribution in [3.63, 3.8) is 0 Å². The maximum atomic E-state index is 13.3. The molecule has 3 rings (SSSR count). The van der Waals surface area contributed by atoms with Gasteiger partial charge in [-0.05, 0) is 41.8 Å². The molecule has 0 radical (unpaired) electrons. The fourth-order valence-electron chi connectivity index (χ4n) is 3.18. The van der Waals surface area contributed by atoms with Gasteiger partial charge in [0, 0.05) is 48.6 Å². The van der Waals surface area contributed by atoms with E-state index in [-0.39, 0.29) is 11.9 Å². The number of pyridine rings is 1. The van der Waals surface area contributed by atoms with E-state index in [1.54, 1.807) is 4.90 Å². The summed E-state index contributed by atoms with van der Waals surface area (Å²) in [5.41, 5.74) is 0.179. The van der Waals surface area contributed by atoms with Crippen LogP contribution < -0.4 is 9.80 Å². The van der Waals surface area contributed by atoms with Crippen LogP contribution in [0.2, 0.25) is 0 Å². The van der Waals surface area contributed by atoms with Crippen LogP contribution in [0.3, 0.4) is 0 Å². The Morgan fingerprint density at radius 2 is 1.85 bits per heavy atom. The highest BCUT2D eigenvalue weighted by atomic mass is 79.9. The Hall–Kier alpha value is -1.90. The second-order valence-corrected chi connectivity index (χ2v) is 7.28. The van der Waals surface area contributed by atoms with Crippen LogP contribution in [0, 0.1) is 6.92 Å². The summed E-state index contributed by atoms with van der Waals surface area (Å²) in [6.07, 6.45) is -0.0362. The lowest BCUT2D eigenvalue weighted by Gasteiger charge is -2.38. The zero-order valence-electron chi connectivity index (χ0n) is 14.5. The first kappa shape index (κ1) is 18.9. The maximum Gasteiger partial charge on any atom is 0.419 e. The number of halogens is 4. The molecule has 0 atom stereocenters. The van der Waals surface area contributed by atoms with E-state index in [1.165, 1.54) is 12.5 Å². The Morgan fingerprint density at radius 3 is 2.46 bits per heavy atom. The van der Waals surface area contributed by atoms with Gasteiger partial charge < -0.3 is 9.80 Å². The molecule has 2 aromatic rings. The van der Waals surface area contributed by atoms with E-state index in [9.17, 15) is 13.2 Å². The Balaban J connectivity index is 1.73. The summed E-state index contributed by atoms with van der Waals surface area (Å²) >= 11 is 3.07. The van der Waals surface area contributed by atoms with Crippen LogP contribution in [0.1, 0.15) is 24.1 Å². The summed E-state index contributed by atoms with van der Waals surface area (Å²) in [5.74, 6) is 0.827. The predicted molar refractivity (Wildman–Crippen MR) is 97.3 cm³/mol. The molecule has 2 aromatic heterocycles. The lowest BCUT2D eigenvalue weighted by Crippen LogP contribution is -2.44. The lowest BCUT2D eigenvalue weighted by atomic mass is 10.0. The molecule has 0 aliphatic carbocycles. The van der Waals surface area contributed by atoms with Crippen molar-refractivity contribution in [1.82, 2.24) is 15.0 Å². The monoisotopic (exact) mass is 429 g/mol. The quantitative estimate of drug-likeness (QED) is 0.735. The molecule has 1 aliphatic heterocycles. The van der Waals surface area contributed by atoms with Gasteiger partial charge in [0.1, 0.15) is 18.0 Å². The van der Waals surface area contributed by atoms with E-state index in [1.807, 2.05) is 20.0 Å². The van der Waals surface area contributed by atoms with Crippen LogP contribution in [0.4, 0.5) is 24.8 Å². The molecule has 0 amide bonds. The van der Waals surface area contributed by atoms with Crippen molar-refractivity contribution in [1.29, 1.82) is 0 Å². The normalized spacial score (nSPS) is 16.0. The molecule has 140 valence electrons. The number of nitrogens with zero attached hydrogens (tertiary/aromatic N) is 5. The van der Waals surface area contributed by atoms with Gasteiger partial charge in [-0.1, -0.05) is 0 Å². The van der Waals surface area contributed by atoms with E-state index < -0.39 is 11.7 Å². The standard InChI is InChI=1S/C17H19BrF3N5/c1-11-7-15(24-10-23-11)25(2)13-3-5-26(6-4-13)16-14(17(19,20)21)8-12(18)9-22-16/h7-10,13H,3-6H2,1-2H3. The van der Waals surface area contributed by atoms with Crippen LogP contribution in [0.5, 0.6) is 0 Å². The molecule has 5 nitrogen and oxygen atoms in total. The topological polar surface area (TPSA) is 45.2 Å². The van der Waals surface area contributed by atoms with E-state index in [0.29, 0.717) is 17.6 Å². The van der Waals surface area contributed by atoms with Gasteiger partial charge in [-0.15, -0.1) is 0 Å². The largest absolute Gasteiger partial charge is 0.419 e. The van der Waals surface area contributed by atoms with E-state index in [0.717, 1.165) is 30.4 Å². The average molecular weight is 430 g/mol. The third kappa shape index (κ3) is 4.08. The number of aromatic nitrogens is 3. The minimum atomic E-state index is -4.43. The summed E-state index contributed by atoms with van der Waals surface area (Å²) in [7, 11) is 1.96. The van der Waals surface area contributed by atoms with Gasteiger partial charge in [0.05, 0.1) is 5.56 Å². The van der Waals surface area contributed by atoms with E-state index >= 15 is 0 Å². The van der Waals surface area contributed by atoms with E-state index in [2.05, 4.69) is 35.8 Å². The molecule has 0 aromatic carbocycles. The van der Waals surface area contributed by atoms with Gasteiger partial charge in [-0.3, -0.25) is 0 Å². The number of alkyl halides is 3. The number of anilines is 2. The number of aryl methyl sites for hydroxylation is 1. The molecule has 0 saturated carbocycles. The van der Waals surface area contributed by atoms with Crippen molar-refractivity contribution in [2.45, 2.75) is 32.0 Å². The molecule has 0 spiro atoms. The van der Waals surface area contributed by atoms with Crippen molar-refractivity contribution in [2.75, 3.05) is 29.9 Å². The molecule has 1 aliphatic rings. The van der Waals surface area contributed by atoms with Crippen molar-refractivity contribution < 1.29 is 13.2 Å². The first-order valence-corrected chi connectivity index (χ1v) is 9.04. The van der Waals surface area contributed by atoms with E-state index in [4.69, 9.17) is 0 Å². The minimum Gasteiger partial charge on any atom is -0.356 e. The highest BCUT2D eigenvalue weighted by molar-refractivity contribution is 9.10. The van der Waals surface area contributed by atoms with Gasteiger partial charge >= 0.3 is 6.18 Å². The molecule has 26 heavy (non-hydrogen) atoms. The third-order valence-electron chi connectivity index (χ3n) is 4.60. The fraction of sp³-hybridized carbons (Fsp3) is 0.471. The Bertz CT molecular complexity index is 775. The molecule has 3 heterocycles. The molecule has 1 fully saturated rings. The van der Waals surface area contributed by atoms with Gasteiger partial charge in [0.15, 0.2) is 0 Å². The molecule has 0 unspecified atom stereocenters. The second-order valence-electron chi connectivity index (χ2n) is 6.37. The number of piperidine rings is 1. The van der Waals surface area contributed by atoms with Gasteiger partial charge in [-0.25, -0.2) is 15.0 Å². The lowest BCUT2D eigenvalue weighted by molar-refractivity contribution is -0.137. The molecule has 9 heteroatoms. The van der Waals surface area contributed by atoms with Crippen molar-refractivity contribution in [3.05, 3.63) is 40.4 Å². The molecular weight excluding hydrogens is 411 g/mol. The van der Waals surface area contributed by atoms with Crippen LogP contribution in [0.15, 0.2) is 29.1 Å². The minimum absolute atomic E-state index is 0.000293. The number of rotatable bonds is 3. The highest BCUT2D eigenvalue weighted by Crippen LogP contribution is 2.38. The van der Waals surface area contributed by atoms with Gasteiger partial charge in [0.2, 0.25) is 0 Å². The summed E-state index contributed by atoms with van der Waals surface area (Å²) in [6.45, 7) is 2.92. The zero-order chi connectivity index (χ0) is 18.9. The smallest absolute Gasteiger partial charge is 0.356 e. The molecule has 1 saturated heterocycles. The summed E-state index contributed by atoms with van der Waals surface area (Å²) in [6, 6.07) is 3.21. The van der Waals surface area contributed by atoms with Gasteiger partial charge in [-0.2, -0.15) is 13.2 Å². The van der Waals surface area contributed by atoms with Crippen molar-refractivity contribution >= 4 is 27.6 Å². The SMILES string of the molecule is Cc1cc(N(C)C2CCN(c3ncc(Br)cc3C(F)(F)F)CC2)ncn1. The number of hydrogen-bond donors (Lipinski definition) is 0. The average Bonchev–Trinajstić information content (AvgIpc) is 2.60. The Morgan fingerprint density at radius 1 is 1.15 bits per heavy atom. The Labute approximate surface area is 158 Å². The molecular formula is C17H19BrF3N5.